The summed E-state index contributed by atoms with van der Waals surface area (Å²) in [6.45, 7) is 7.98. The number of aromatic amines is 1. The zero-order valence-electron chi connectivity index (χ0n) is 19.5. The highest BCUT2D eigenvalue weighted by Crippen LogP contribution is 2.37. The Balaban J connectivity index is 1.21. The minimum Gasteiger partial charge on any atom is -0.488 e. The lowest BCUT2D eigenvalue weighted by Crippen LogP contribution is -2.22. The molecular formula is C27H32N4O2. The van der Waals surface area contributed by atoms with Crippen LogP contribution in [0.4, 0.5) is 0 Å². The number of likely N-dealkylation sites (tertiary alicyclic amines) is 1. The van der Waals surface area contributed by atoms with Gasteiger partial charge in [-0.3, -0.25) is 0 Å². The molecule has 33 heavy (non-hydrogen) atoms. The van der Waals surface area contributed by atoms with Gasteiger partial charge in [-0.05, 0) is 49.2 Å². The molecule has 3 heterocycles. The highest BCUT2D eigenvalue weighted by Gasteiger charge is 2.27. The van der Waals surface area contributed by atoms with E-state index in [1.54, 1.807) is 0 Å². The molecule has 6 nitrogen and oxygen atoms in total. The third-order valence-electron chi connectivity index (χ3n) is 6.50. The molecule has 1 aliphatic rings. The number of ether oxygens (including phenoxy) is 1. The fourth-order valence-corrected chi connectivity index (χ4v) is 4.71. The van der Waals surface area contributed by atoms with Gasteiger partial charge in [0, 0.05) is 41.9 Å². The van der Waals surface area contributed by atoms with Gasteiger partial charge in [-0.1, -0.05) is 55.4 Å². The van der Waals surface area contributed by atoms with Crippen LogP contribution in [0.25, 0.3) is 10.9 Å². The molecule has 0 radical (unpaired) electrons. The van der Waals surface area contributed by atoms with Crippen molar-refractivity contribution in [1.29, 1.82) is 0 Å². The van der Waals surface area contributed by atoms with E-state index < -0.39 is 0 Å². The summed E-state index contributed by atoms with van der Waals surface area (Å²) >= 11 is 0. The molecule has 0 aliphatic carbocycles. The first-order valence-electron chi connectivity index (χ1n) is 12.0. The Labute approximate surface area is 195 Å². The average Bonchev–Trinajstić information content (AvgIpc) is 3.58. The Morgan fingerprint density at radius 2 is 2.03 bits per heavy atom. The number of hydrogen-bond donors (Lipinski definition) is 1. The summed E-state index contributed by atoms with van der Waals surface area (Å²) < 4.78 is 11.6. The average molecular weight is 445 g/mol. The molecule has 2 aromatic carbocycles. The maximum absolute atomic E-state index is 6.27. The molecule has 0 bridgehead atoms. The van der Waals surface area contributed by atoms with Gasteiger partial charge >= 0.3 is 0 Å². The lowest BCUT2D eigenvalue weighted by atomic mass is 9.97. The summed E-state index contributed by atoms with van der Waals surface area (Å²) in [5.74, 6) is 3.31. The molecule has 0 spiro atoms. The van der Waals surface area contributed by atoms with E-state index in [-0.39, 0.29) is 5.92 Å². The number of nitrogens with zero attached hydrogens (tertiary/aromatic N) is 3. The van der Waals surface area contributed by atoms with Crippen molar-refractivity contribution in [1.82, 2.24) is 20.0 Å². The van der Waals surface area contributed by atoms with E-state index in [2.05, 4.69) is 82.5 Å². The van der Waals surface area contributed by atoms with Crippen molar-refractivity contribution >= 4 is 10.9 Å². The smallest absolute Gasteiger partial charge is 0.229 e. The van der Waals surface area contributed by atoms with E-state index in [4.69, 9.17) is 9.26 Å². The summed E-state index contributed by atoms with van der Waals surface area (Å²) in [6, 6.07) is 16.6. The standard InChI is InChI=1S/C27H32N4O2/c1-19(2)27-29-25(30-33-27)12-7-14-31-15-13-21(17-31)22-16-28-23-10-6-11-24(26(22)23)32-18-20-8-4-3-5-9-20/h3-6,8-11,16,19,21,28H,7,12-15,17-18H2,1-2H3. The molecule has 0 saturated carbocycles. The first kappa shape index (κ1) is 21.7. The Hall–Kier alpha value is -3.12. The number of hydrogen-bond acceptors (Lipinski definition) is 5. The predicted octanol–water partition coefficient (Wildman–Crippen LogP) is 5.68. The molecule has 4 aromatic rings. The lowest BCUT2D eigenvalue weighted by molar-refractivity contribution is 0.309. The lowest BCUT2D eigenvalue weighted by Gasteiger charge is -2.16. The van der Waals surface area contributed by atoms with Crippen LogP contribution in [0.5, 0.6) is 5.75 Å². The topological polar surface area (TPSA) is 67.2 Å². The van der Waals surface area contributed by atoms with Crippen molar-refractivity contribution in [2.45, 2.75) is 51.6 Å². The zero-order chi connectivity index (χ0) is 22.6. The Kier molecular flexibility index (Phi) is 6.44. The van der Waals surface area contributed by atoms with Crippen LogP contribution in [0.15, 0.2) is 59.3 Å². The molecular weight excluding hydrogens is 412 g/mol. The summed E-state index contributed by atoms with van der Waals surface area (Å²) in [6.07, 6.45) is 5.26. The molecule has 2 aromatic heterocycles. The molecule has 1 atom stereocenters. The van der Waals surface area contributed by atoms with E-state index in [9.17, 15) is 0 Å². The minimum absolute atomic E-state index is 0.281. The monoisotopic (exact) mass is 444 g/mol. The molecule has 1 fully saturated rings. The number of fused-ring (bicyclic) bond motifs is 1. The van der Waals surface area contributed by atoms with Crippen LogP contribution >= 0.6 is 0 Å². The zero-order valence-corrected chi connectivity index (χ0v) is 19.5. The number of nitrogens with one attached hydrogen (secondary N) is 1. The van der Waals surface area contributed by atoms with Gasteiger partial charge in [-0.15, -0.1) is 0 Å². The maximum Gasteiger partial charge on any atom is 0.229 e. The maximum atomic E-state index is 6.27. The second kappa shape index (κ2) is 9.79. The summed E-state index contributed by atoms with van der Waals surface area (Å²) in [7, 11) is 0. The van der Waals surface area contributed by atoms with Crippen LogP contribution in [0.2, 0.25) is 0 Å². The Morgan fingerprint density at radius 1 is 1.15 bits per heavy atom. The highest BCUT2D eigenvalue weighted by molar-refractivity contribution is 5.89. The Bertz CT molecular complexity index is 1180. The normalized spacial score (nSPS) is 16.8. The van der Waals surface area contributed by atoms with E-state index in [0.29, 0.717) is 12.5 Å². The molecule has 172 valence electrons. The van der Waals surface area contributed by atoms with Gasteiger partial charge in [-0.2, -0.15) is 4.98 Å². The van der Waals surface area contributed by atoms with Gasteiger partial charge in [0.15, 0.2) is 5.82 Å². The second-order valence-corrected chi connectivity index (χ2v) is 9.29. The van der Waals surface area contributed by atoms with Crippen molar-refractivity contribution < 1.29 is 9.26 Å². The Morgan fingerprint density at radius 3 is 2.85 bits per heavy atom. The largest absolute Gasteiger partial charge is 0.488 e. The molecule has 1 N–H and O–H groups in total. The quantitative estimate of drug-likeness (QED) is 0.360. The first-order valence-corrected chi connectivity index (χ1v) is 12.0. The molecule has 1 unspecified atom stereocenters. The van der Waals surface area contributed by atoms with Crippen molar-refractivity contribution in [2.24, 2.45) is 0 Å². The molecule has 5 rings (SSSR count). The number of rotatable bonds is 9. The first-order chi connectivity index (χ1) is 16.2. The van der Waals surface area contributed by atoms with Crippen LogP contribution in [-0.2, 0) is 13.0 Å². The van der Waals surface area contributed by atoms with Gasteiger partial charge in [0.1, 0.15) is 12.4 Å². The highest BCUT2D eigenvalue weighted by atomic mass is 16.5. The van der Waals surface area contributed by atoms with Crippen LogP contribution in [-0.4, -0.2) is 39.7 Å². The van der Waals surface area contributed by atoms with Gasteiger partial charge < -0.3 is 19.1 Å². The number of aromatic nitrogens is 3. The molecule has 0 amide bonds. The summed E-state index contributed by atoms with van der Waals surface area (Å²) in [5.41, 5.74) is 3.70. The molecule has 1 aliphatic heterocycles. The fraction of sp³-hybridized carbons (Fsp3) is 0.407. The van der Waals surface area contributed by atoms with Crippen molar-refractivity contribution in [2.75, 3.05) is 19.6 Å². The van der Waals surface area contributed by atoms with Crippen LogP contribution in [0, 0.1) is 0 Å². The second-order valence-electron chi connectivity index (χ2n) is 9.29. The SMILES string of the molecule is CC(C)c1nc(CCCN2CCC(c3c[nH]c4cccc(OCc5ccccc5)c34)C2)no1. The van der Waals surface area contributed by atoms with E-state index in [0.717, 1.165) is 55.5 Å². The van der Waals surface area contributed by atoms with Crippen LogP contribution in [0.3, 0.4) is 0 Å². The third-order valence-corrected chi connectivity index (χ3v) is 6.50. The van der Waals surface area contributed by atoms with Crippen molar-refractivity contribution in [3.63, 3.8) is 0 Å². The van der Waals surface area contributed by atoms with E-state index >= 15 is 0 Å². The van der Waals surface area contributed by atoms with Crippen molar-refractivity contribution in [3.05, 3.63) is 77.6 Å². The summed E-state index contributed by atoms with van der Waals surface area (Å²) in [4.78, 5) is 10.5. The number of H-pyrrole nitrogens is 1. The van der Waals surface area contributed by atoms with E-state index in [1.165, 1.54) is 22.9 Å². The summed E-state index contributed by atoms with van der Waals surface area (Å²) in [5, 5.41) is 5.35. The fourth-order valence-electron chi connectivity index (χ4n) is 4.71. The third kappa shape index (κ3) is 4.96. The number of aryl methyl sites for hydroxylation is 1. The van der Waals surface area contributed by atoms with E-state index in [1.807, 2.05) is 6.07 Å². The molecule has 6 heteroatoms. The number of benzene rings is 2. The van der Waals surface area contributed by atoms with Crippen LogP contribution in [0.1, 0.15) is 61.4 Å². The minimum atomic E-state index is 0.281. The van der Waals surface area contributed by atoms with Crippen molar-refractivity contribution in [3.8, 4) is 5.75 Å². The van der Waals surface area contributed by atoms with Gasteiger partial charge in [-0.25, -0.2) is 0 Å². The van der Waals surface area contributed by atoms with Crippen LogP contribution < -0.4 is 4.74 Å². The van der Waals surface area contributed by atoms with Gasteiger partial charge in [0.25, 0.3) is 0 Å². The predicted molar refractivity (Wildman–Crippen MR) is 130 cm³/mol. The molecule has 1 saturated heterocycles. The van der Waals surface area contributed by atoms with Gasteiger partial charge in [0.05, 0.1) is 0 Å². The van der Waals surface area contributed by atoms with Gasteiger partial charge in [0.2, 0.25) is 5.89 Å².